The van der Waals surface area contributed by atoms with Crippen LogP contribution in [0.5, 0.6) is 0 Å². The van der Waals surface area contributed by atoms with Gasteiger partial charge in [0.05, 0.1) is 9.83 Å². The number of benzene rings is 2. The van der Waals surface area contributed by atoms with E-state index < -0.39 is 28.5 Å². The van der Waals surface area contributed by atoms with Crippen molar-refractivity contribution < 1.29 is 19.3 Å². The monoisotopic (exact) mass is 431 g/mol. The number of nitrogens with one attached hydrogen (secondary N) is 1. The molecule has 3 rings (SSSR count). The van der Waals surface area contributed by atoms with Crippen LogP contribution in [0.1, 0.15) is 11.1 Å². The zero-order valence-corrected chi connectivity index (χ0v) is 16.6. The van der Waals surface area contributed by atoms with E-state index in [2.05, 4.69) is 5.32 Å². The van der Waals surface area contributed by atoms with Crippen LogP contribution in [-0.4, -0.2) is 33.4 Å². The first-order valence-corrected chi connectivity index (χ1v) is 9.50. The van der Waals surface area contributed by atoms with Crippen molar-refractivity contribution in [1.82, 2.24) is 4.90 Å². The summed E-state index contributed by atoms with van der Waals surface area (Å²) in [6.07, 6.45) is 1.39. The molecule has 1 fully saturated rings. The lowest BCUT2D eigenvalue weighted by Gasteiger charge is -2.13. The quantitative estimate of drug-likeness (QED) is 0.431. The van der Waals surface area contributed by atoms with Crippen LogP contribution in [0.4, 0.5) is 16.2 Å². The normalized spacial score (nSPS) is 15.1. The summed E-state index contributed by atoms with van der Waals surface area (Å²) >= 11 is 6.59. The maximum absolute atomic E-state index is 12.5. The predicted molar refractivity (Wildman–Crippen MR) is 111 cm³/mol. The Morgan fingerprint density at radius 1 is 1.28 bits per heavy atom. The Morgan fingerprint density at radius 2 is 2.03 bits per heavy atom. The van der Waals surface area contributed by atoms with E-state index in [-0.39, 0.29) is 10.6 Å². The van der Waals surface area contributed by atoms with Gasteiger partial charge in [0, 0.05) is 22.8 Å². The zero-order chi connectivity index (χ0) is 21.1. The molecule has 29 heavy (non-hydrogen) atoms. The number of nitrogens with zero attached hydrogens (tertiary/aromatic N) is 2. The summed E-state index contributed by atoms with van der Waals surface area (Å²) in [6, 6.07) is 10.7. The molecule has 0 radical (unpaired) electrons. The first-order valence-electron chi connectivity index (χ1n) is 8.30. The Balaban J connectivity index is 1.73. The van der Waals surface area contributed by atoms with Crippen LogP contribution >= 0.6 is 23.4 Å². The standard InChI is InChI=1S/C19H14ClN3O5S/c1-11-5-6-13(20)9-15(11)21-17(24)10-22-18(25)16(29-19(22)26)8-12-3-2-4-14(7-12)23(27)28/h2-9H,10H2,1H3,(H,21,24)/b16-8+. The van der Waals surface area contributed by atoms with Crippen molar-refractivity contribution in [3.63, 3.8) is 0 Å². The third-order valence-corrected chi connectivity index (χ3v) is 5.17. The molecule has 1 saturated heterocycles. The van der Waals surface area contributed by atoms with Crippen LogP contribution < -0.4 is 5.32 Å². The first kappa shape index (κ1) is 20.6. The number of thioether (sulfide) groups is 1. The van der Waals surface area contributed by atoms with Crippen molar-refractivity contribution in [3.05, 3.63) is 73.6 Å². The summed E-state index contributed by atoms with van der Waals surface area (Å²) in [5, 5.41) is 13.4. The minimum atomic E-state index is -0.635. The number of nitro groups is 1. The lowest BCUT2D eigenvalue weighted by molar-refractivity contribution is -0.384. The van der Waals surface area contributed by atoms with Crippen LogP contribution in [0.3, 0.4) is 0 Å². The smallest absolute Gasteiger partial charge is 0.294 e. The van der Waals surface area contributed by atoms with Crippen LogP contribution in [0.15, 0.2) is 47.4 Å². The fourth-order valence-corrected chi connectivity index (χ4v) is 3.59. The molecule has 10 heteroatoms. The van der Waals surface area contributed by atoms with Crippen molar-refractivity contribution in [2.75, 3.05) is 11.9 Å². The molecule has 0 aromatic heterocycles. The number of non-ortho nitro benzene ring substituents is 1. The zero-order valence-electron chi connectivity index (χ0n) is 15.0. The fraction of sp³-hybridized carbons (Fsp3) is 0.105. The molecule has 0 unspecified atom stereocenters. The van der Waals surface area contributed by atoms with Gasteiger partial charge in [0.15, 0.2) is 0 Å². The first-order chi connectivity index (χ1) is 13.7. The van der Waals surface area contributed by atoms with Gasteiger partial charge in [-0.05, 0) is 48.0 Å². The average molecular weight is 432 g/mol. The van der Waals surface area contributed by atoms with Crippen LogP contribution in [0, 0.1) is 17.0 Å². The van der Waals surface area contributed by atoms with Gasteiger partial charge in [-0.25, -0.2) is 0 Å². The Bertz CT molecular complexity index is 1070. The maximum Gasteiger partial charge on any atom is 0.294 e. The minimum Gasteiger partial charge on any atom is -0.324 e. The molecule has 3 amide bonds. The second-order valence-corrected chi connectivity index (χ2v) is 7.56. The van der Waals surface area contributed by atoms with Gasteiger partial charge in [0.1, 0.15) is 6.54 Å². The molecular weight excluding hydrogens is 418 g/mol. The summed E-state index contributed by atoms with van der Waals surface area (Å²) in [4.78, 5) is 48.3. The molecule has 0 aliphatic carbocycles. The highest BCUT2D eigenvalue weighted by molar-refractivity contribution is 8.18. The SMILES string of the molecule is Cc1ccc(Cl)cc1NC(=O)CN1C(=O)S/C(=C/c2cccc([N+](=O)[O-])c2)C1=O. The maximum atomic E-state index is 12.5. The number of hydrogen-bond donors (Lipinski definition) is 1. The Hall–Kier alpha value is -3.17. The van der Waals surface area contributed by atoms with Crippen molar-refractivity contribution in [2.24, 2.45) is 0 Å². The lowest BCUT2D eigenvalue weighted by atomic mass is 10.2. The number of aryl methyl sites for hydroxylation is 1. The van der Waals surface area contributed by atoms with E-state index in [1.54, 1.807) is 31.2 Å². The molecule has 0 saturated carbocycles. The van der Waals surface area contributed by atoms with Crippen LogP contribution in [0.25, 0.3) is 6.08 Å². The van der Waals surface area contributed by atoms with E-state index in [0.717, 1.165) is 10.5 Å². The number of anilines is 1. The topological polar surface area (TPSA) is 110 Å². The Morgan fingerprint density at radius 3 is 2.76 bits per heavy atom. The Labute approximate surface area is 174 Å². The van der Waals surface area contributed by atoms with Gasteiger partial charge in [-0.3, -0.25) is 29.4 Å². The molecular formula is C19H14ClN3O5S. The molecule has 2 aromatic rings. The van der Waals surface area contributed by atoms with E-state index >= 15 is 0 Å². The van der Waals surface area contributed by atoms with Crippen LogP contribution in [0.2, 0.25) is 5.02 Å². The van der Waals surface area contributed by atoms with E-state index in [9.17, 15) is 24.5 Å². The largest absolute Gasteiger partial charge is 0.324 e. The van der Waals surface area contributed by atoms with E-state index in [4.69, 9.17) is 11.6 Å². The van der Waals surface area contributed by atoms with Gasteiger partial charge >= 0.3 is 0 Å². The van der Waals surface area contributed by atoms with Gasteiger partial charge in [-0.1, -0.05) is 29.8 Å². The van der Waals surface area contributed by atoms with Crippen molar-refractivity contribution in [1.29, 1.82) is 0 Å². The van der Waals surface area contributed by atoms with Gasteiger partial charge in [0.2, 0.25) is 5.91 Å². The molecule has 0 atom stereocenters. The molecule has 2 aromatic carbocycles. The number of rotatable bonds is 5. The van der Waals surface area contributed by atoms with Crippen molar-refractivity contribution in [3.8, 4) is 0 Å². The number of halogens is 1. The van der Waals surface area contributed by atoms with Gasteiger partial charge in [-0.15, -0.1) is 0 Å². The molecule has 8 nitrogen and oxygen atoms in total. The molecule has 148 valence electrons. The molecule has 1 N–H and O–H groups in total. The van der Waals surface area contributed by atoms with Crippen molar-refractivity contribution in [2.45, 2.75) is 6.92 Å². The summed E-state index contributed by atoms with van der Waals surface area (Å²) in [5.74, 6) is -1.18. The van der Waals surface area contributed by atoms with E-state index in [1.807, 2.05) is 0 Å². The van der Waals surface area contributed by atoms with Gasteiger partial charge < -0.3 is 5.32 Å². The number of nitro benzene ring substituents is 1. The van der Waals surface area contributed by atoms with E-state index in [0.29, 0.717) is 28.0 Å². The molecule has 0 spiro atoms. The second kappa shape index (κ2) is 8.46. The number of carbonyl (C=O) groups is 3. The molecule has 1 aliphatic heterocycles. The summed E-state index contributed by atoms with van der Waals surface area (Å²) in [6.45, 7) is 1.33. The Kier molecular flexibility index (Phi) is 6.00. The number of carbonyl (C=O) groups excluding carboxylic acids is 3. The van der Waals surface area contributed by atoms with Gasteiger partial charge in [0.25, 0.3) is 16.8 Å². The summed E-state index contributed by atoms with van der Waals surface area (Å²) < 4.78 is 0. The van der Waals surface area contributed by atoms with Crippen LogP contribution in [-0.2, 0) is 9.59 Å². The third-order valence-electron chi connectivity index (χ3n) is 4.03. The third kappa shape index (κ3) is 4.82. The number of hydrogen-bond acceptors (Lipinski definition) is 6. The van der Waals surface area contributed by atoms with Gasteiger partial charge in [-0.2, -0.15) is 0 Å². The highest BCUT2D eigenvalue weighted by Crippen LogP contribution is 2.32. The lowest BCUT2D eigenvalue weighted by Crippen LogP contribution is -2.36. The van der Waals surface area contributed by atoms with Crippen molar-refractivity contribution >= 4 is 57.9 Å². The highest BCUT2D eigenvalue weighted by atomic mass is 35.5. The van der Waals surface area contributed by atoms with E-state index in [1.165, 1.54) is 24.3 Å². The highest BCUT2D eigenvalue weighted by Gasteiger charge is 2.36. The molecule has 0 bridgehead atoms. The molecule has 1 aliphatic rings. The predicted octanol–water partition coefficient (Wildman–Crippen LogP) is 4.23. The fourth-order valence-electron chi connectivity index (χ4n) is 2.58. The second-order valence-electron chi connectivity index (χ2n) is 6.13. The average Bonchev–Trinajstić information content (AvgIpc) is 2.92. The number of amides is 3. The number of imide groups is 1. The molecule has 1 heterocycles. The summed E-state index contributed by atoms with van der Waals surface area (Å²) in [7, 11) is 0. The minimum absolute atomic E-state index is 0.0854. The summed E-state index contributed by atoms with van der Waals surface area (Å²) in [5.41, 5.74) is 1.54.